The zero-order valence-corrected chi connectivity index (χ0v) is 14.1. The van der Waals surface area contributed by atoms with Gasteiger partial charge >= 0.3 is 0 Å². The fourth-order valence-corrected chi connectivity index (χ4v) is 2.50. The number of aromatic nitrogens is 2. The molecule has 1 saturated heterocycles. The molecule has 1 amide bonds. The Morgan fingerprint density at radius 3 is 2.68 bits per heavy atom. The summed E-state index contributed by atoms with van der Waals surface area (Å²) in [6.45, 7) is 7.54. The van der Waals surface area contributed by atoms with Crippen LogP contribution in [0.2, 0.25) is 0 Å². The maximum Gasteiger partial charge on any atom is 0.270 e. The minimum Gasteiger partial charge on any atom is -0.349 e. The summed E-state index contributed by atoms with van der Waals surface area (Å²) in [5.41, 5.74) is 1.29. The van der Waals surface area contributed by atoms with Crippen LogP contribution in [-0.2, 0) is 0 Å². The molecule has 2 rings (SSSR count). The zero-order valence-electron chi connectivity index (χ0n) is 14.1. The Morgan fingerprint density at radius 1 is 1.36 bits per heavy atom. The lowest BCUT2D eigenvalue weighted by molar-refractivity contribution is 0.0946. The van der Waals surface area contributed by atoms with Crippen LogP contribution in [0.5, 0.6) is 0 Å². The van der Waals surface area contributed by atoms with E-state index < -0.39 is 0 Å². The number of rotatable bonds is 5. The summed E-state index contributed by atoms with van der Waals surface area (Å²) in [5, 5.41) is 2.91. The van der Waals surface area contributed by atoms with Crippen LogP contribution in [0, 0.1) is 12.8 Å². The normalized spacial score (nSPS) is 16.1. The van der Waals surface area contributed by atoms with Crippen LogP contribution in [0.25, 0.3) is 0 Å². The summed E-state index contributed by atoms with van der Waals surface area (Å²) in [6, 6.07) is 1.75. The minimum atomic E-state index is -0.126. The van der Waals surface area contributed by atoms with Crippen LogP contribution in [-0.4, -0.2) is 61.0 Å². The number of hydrogen-bond donors (Lipinski definition) is 1. The van der Waals surface area contributed by atoms with E-state index in [1.807, 2.05) is 25.9 Å². The SMILES string of the molecule is Cc1cc(C(=O)NCCN(C)C)nc(N2CCC(C)CC2)n1. The van der Waals surface area contributed by atoms with Crippen molar-refractivity contribution >= 4 is 11.9 Å². The standard InChI is InChI=1S/C16H27N5O/c1-12-5-8-21(9-6-12)16-18-13(2)11-14(19-16)15(22)17-7-10-20(3)4/h11-12H,5-10H2,1-4H3,(H,17,22). The van der Waals surface area contributed by atoms with E-state index in [4.69, 9.17) is 0 Å². The summed E-state index contributed by atoms with van der Waals surface area (Å²) < 4.78 is 0. The first-order valence-electron chi connectivity index (χ1n) is 7.99. The van der Waals surface area contributed by atoms with Crippen LogP contribution < -0.4 is 10.2 Å². The molecule has 1 aliphatic heterocycles. The summed E-state index contributed by atoms with van der Waals surface area (Å²) in [6.07, 6.45) is 2.31. The van der Waals surface area contributed by atoms with Crippen LogP contribution in [0.4, 0.5) is 5.95 Å². The molecular formula is C16H27N5O. The van der Waals surface area contributed by atoms with Crippen molar-refractivity contribution in [2.24, 2.45) is 5.92 Å². The molecule has 0 radical (unpaired) electrons. The molecule has 0 aromatic carbocycles. The van der Waals surface area contributed by atoms with Gasteiger partial charge in [-0.15, -0.1) is 0 Å². The van der Waals surface area contributed by atoms with Gasteiger partial charge in [-0.25, -0.2) is 9.97 Å². The maximum atomic E-state index is 12.2. The topological polar surface area (TPSA) is 61.4 Å². The van der Waals surface area contributed by atoms with Gasteiger partial charge in [0, 0.05) is 31.9 Å². The Hall–Kier alpha value is -1.69. The van der Waals surface area contributed by atoms with Gasteiger partial charge in [-0.05, 0) is 45.8 Å². The lowest BCUT2D eigenvalue weighted by Gasteiger charge is -2.30. The van der Waals surface area contributed by atoms with E-state index in [2.05, 4.69) is 27.1 Å². The van der Waals surface area contributed by atoms with Crippen molar-refractivity contribution in [3.05, 3.63) is 17.5 Å². The average molecular weight is 305 g/mol. The molecule has 6 heteroatoms. The van der Waals surface area contributed by atoms with E-state index in [0.717, 1.165) is 44.1 Å². The number of carbonyl (C=O) groups is 1. The summed E-state index contributed by atoms with van der Waals surface area (Å²) in [4.78, 5) is 25.4. The molecule has 0 spiro atoms. The van der Waals surface area contributed by atoms with Crippen LogP contribution in [0.15, 0.2) is 6.07 Å². The Bertz CT molecular complexity index is 509. The highest BCUT2D eigenvalue weighted by molar-refractivity contribution is 5.92. The maximum absolute atomic E-state index is 12.2. The highest BCUT2D eigenvalue weighted by Crippen LogP contribution is 2.20. The minimum absolute atomic E-state index is 0.126. The van der Waals surface area contributed by atoms with Crippen molar-refractivity contribution in [2.45, 2.75) is 26.7 Å². The average Bonchev–Trinajstić information content (AvgIpc) is 2.46. The lowest BCUT2D eigenvalue weighted by atomic mass is 10.00. The van der Waals surface area contributed by atoms with E-state index in [9.17, 15) is 4.79 Å². The van der Waals surface area contributed by atoms with Gasteiger partial charge < -0.3 is 15.1 Å². The van der Waals surface area contributed by atoms with Gasteiger partial charge in [0.2, 0.25) is 5.95 Å². The number of anilines is 1. The number of piperidine rings is 1. The number of aryl methyl sites for hydroxylation is 1. The van der Waals surface area contributed by atoms with Crippen molar-refractivity contribution in [3.8, 4) is 0 Å². The third kappa shape index (κ3) is 4.66. The molecule has 0 aliphatic carbocycles. The Labute approximate surface area is 132 Å². The molecule has 1 fully saturated rings. The van der Waals surface area contributed by atoms with E-state index in [-0.39, 0.29) is 5.91 Å². The number of amides is 1. The highest BCUT2D eigenvalue weighted by Gasteiger charge is 2.19. The van der Waals surface area contributed by atoms with Crippen LogP contribution in [0.3, 0.4) is 0 Å². The predicted octanol–water partition coefficient (Wildman–Crippen LogP) is 1.31. The van der Waals surface area contributed by atoms with Crippen molar-refractivity contribution in [1.29, 1.82) is 0 Å². The Balaban J connectivity index is 2.04. The van der Waals surface area contributed by atoms with E-state index in [1.54, 1.807) is 6.07 Å². The van der Waals surface area contributed by atoms with E-state index >= 15 is 0 Å². The molecule has 1 aromatic rings. The first-order valence-corrected chi connectivity index (χ1v) is 7.99. The third-order valence-electron chi connectivity index (χ3n) is 3.99. The van der Waals surface area contributed by atoms with Gasteiger partial charge in [-0.1, -0.05) is 6.92 Å². The van der Waals surface area contributed by atoms with Gasteiger partial charge in [0.15, 0.2) is 0 Å². The Morgan fingerprint density at radius 2 is 2.05 bits per heavy atom. The fraction of sp³-hybridized carbons (Fsp3) is 0.688. The molecule has 1 N–H and O–H groups in total. The van der Waals surface area contributed by atoms with Crippen LogP contribution >= 0.6 is 0 Å². The largest absolute Gasteiger partial charge is 0.349 e. The molecule has 1 aliphatic rings. The molecule has 2 heterocycles. The number of carbonyl (C=O) groups excluding carboxylic acids is 1. The van der Waals surface area contributed by atoms with E-state index in [0.29, 0.717) is 18.2 Å². The molecule has 22 heavy (non-hydrogen) atoms. The monoisotopic (exact) mass is 305 g/mol. The number of nitrogens with zero attached hydrogens (tertiary/aromatic N) is 4. The van der Waals surface area contributed by atoms with Crippen molar-refractivity contribution in [1.82, 2.24) is 20.2 Å². The molecule has 122 valence electrons. The second-order valence-corrected chi connectivity index (χ2v) is 6.42. The van der Waals surface area contributed by atoms with E-state index in [1.165, 1.54) is 0 Å². The molecular weight excluding hydrogens is 278 g/mol. The first-order chi connectivity index (χ1) is 10.5. The van der Waals surface area contributed by atoms with Crippen molar-refractivity contribution < 1.29 is 4.79 Å². The fourth-order valence-electron chi connectivity index (χ4n) is 2.50. The molecule has 0 bridgehead atoms. The van der Waals surface area contributed by atoms with Gasteiger partial charge in [-0.3, -0.25) is 4.79 Å². The third-order valence-corrected chi connectivity index (χ3v) is 3.99. The molecule has 0 atom stereocenters. The summed E-state index contributed by atoms with van der Waals surface area (Å²) in [7, 11) is 3.97. The van der Waals surface area contributed by atoms with Crippen molar-refractivity contribution in [3.63, 3.8) is 0 Å². The summed E-state index contributed by atoms with van der Waals surface area (Å²) in [5.74, 6) is 1.32. The molecule has 0 unspecified atom stereocenters. The quantitative estimate of drug-likeness (QED) is 0.889. The molecule has 0 saturated carbocycles. The number of hydrogen-bond acceptors (Lipinski definition) is 5. The summed E-state index contributed by atoms with van der Waals surface area (Å²) >= 11 is 0. The highest BCUT2D eigenvalue weighted by atomic mass is 16.1. The van der Waals surface area contributed by atoms with Gasteiger partial charge in [0.25, 0.3) is 5.91 Å². The number of nitrogens with one attached hydrogen (secondary N) is 1. The zero-order chi connectivity index (χ0) is 16.1. The predicted molar refractivity (Wildman–Crippen MR) is 88.3 cm³/mol. The smallest absolute Gasteiger partial charge is 0.270 e. The van der Waals surface area contributed by atoms with Gasteiger partial charge in [0.1, 0.15) is 5.69 Å². The van der Waals surface area contributed by atoms with Gasteiger partial charge in [0.05, 0.1) is 0 Å². The van der Waals surface area contributed by atoms with Crippen LogP contribution in [0.1, 0.15) is 35.9 Å². The number of likely N-dealkylation sites (N-methyl/N-ethyl adjacent to an activating group) is 1. The Kier molecular flexibility index (Phi) is 5.71. The second kappa shape index (κ2) is 7.54. The first kappa shape index (κ1) is 16.7. The second-order valence-electron chi connectivity index (χ2n) is 6.42. The molecule has 6 nitrogen and oxygen atoms in total. The lowest BCUT2D eigenvalue weighted by Crippen LogP contribution is -2.35. The van der Waals surface area contributed by atoms with Gasteiger partial charge in [-0.2, -0.15) is 0 Å². The molecule has 1 aromatic heterocycles. The van der Waals surface area contributed by atoms with Crippen molar-refractivity contribution in [2.75, 3.05) is 45.2 Å².